The Kier molecular flexibility index (Phi) is 6.43. The molecule has 3 aromatic heterocycles. The summed E-state index contributed by atoms with van der Waals surface area (Å²) >= 11 is 0. The quantitative estimate of drug-likeness (QED) is 0.353. The summed E-state index contributed by atoms with van der Waals surface area (Å²) in [6, 6.07) is 8.55. The molecule has 39 heavy (non-hydrogen) atoms. The van der Waals surface area contributed by atoms with Crippen LogP contribution in [0.4, 0.5) is 41.1 Å². The smallest absolute Gasteiger partial charge is 0.326 e. The van der Waals surface area contributed by atoms with Gasteiger partial charge >= 0.3 is 6.03 Å². The molecule has 2 amide bonds. The van der Waals surface area contributed by atoms with Crippen molar-refractivity contribution in [3.8, 4) is 0 Å². The molecule has 0 bridgehead atoms. The number of anilines is 4. The van der Waals surface area contributed by atoms with Crippen molar-refractivity contribution in [1.82, 2.24) is 19.6 Å². The highest BCUT2D eigenvalue weighted by atomic mass is 19.1. The van der Waals surface area contributed by atoms with E-state index in [4.69, 9.17) is 0 Å². The summed E-state index contributed by atoms with van der Waals surface area (Å²) in [5.41, 5.74) is 1.33. The molecule has 0 spiro atoms. The largest absolute Gasteiger partial charge is 0.391 e. The van der Waals surface area contributed by atoms with Crippen LogP contribution < -0.4 is 20.4 Å². The molecule has 3 N–H and O–H groups in total. The van der Waals surface area contributed by atoms with E-state index in [9.17, 15) is 23.1 Å². The Balaban J connectivity index is 1.19. The fraction of sp³-hybridized carbons (Fsp3) is 0.308. The fourth-order valence-corrected chi connectivity index (χ4v) is 5.09. The summed E-state index contributed by atoms with van der Waals surface area (Å²) in [5.74, 6) is -0.339. The van der Waals surface area contributed by atoms with Crippen LogP contribution in [0.1, 0.15) is 24.4 Å². The van der Waals surface area contributed by atoms with Crippen molar-refractivity contribution >= 4 is 34.8 Å². The maximum atomic E-state index is 14.5. The number of urea groups is 1. The lowest BCUT2D eigenvalue weighted by Crippen LogP contribution is -2.26. The van der Waals surface area contributed by atoms with Crippen LogP contribution in [0.25, 0.3) is 5.65 Å². The zero-order valence-electron chi connectivity index (χ0n) is 20.6. The van der Waals surface area contributed by atoms with E-state index in [2.05, 4.69) is 25.7 Å². The summed E-state index contributed by atoms with van der Waals surface area (Å²) in [6.07, 6.45) is 2.13. The van der Waals surface area contributed by atoms with Gasteiger partial charge in [-0.15, -0.1) is 5.10 Å². The van der Waals surface area contributed by atoms with Crippen LogP contribution in [0.2, 0.25) is 0 Å². The molecule has 10 nitrogen and oxygen atoms in total. The van der Waals surface area contributed by atoms with Gasteiger partial charge in [0.05, 0.1) is 36.8 Å². The van der Waals surface area contributed by atoms with E-state index in [-0.39, 0.29) is 30.5 Å². The Morgan fingerprint density at radius 3 is 2.67 bits per heavy atom. The number of alkyl halides is 1. The molecule has 0 aliphatic carbocycles. The molecular weight excluding hydrogens is 513 g/mol. The van der Waals surface area contributed by atoms with Crippen molar-refractivity contribution in [2.45, 2.75) is 31.2 Å². The number of amides is 2. The molecule has 1 aromatic carbocycles. The molecule has 5 heterocycles. The zero-order chi connectivity index (χ0) is 27.1. The molecule has 2 aliphatic rings. The molecule has 4 aromatic rings. The van der Waals surface area contributed by atoms with Gasteiger partial charge in [-0.05, 0) is 48.9 Å². The molecule has 0 saturated carbocycles. The number of fused-ring (bicyclic) bond motifs is 1. The highest BCUT2D eigenvalue weighted by Gasteiger charge is 2.36. The molecule has 2 fully saturated rings. The van der Waals surface area contributed by atoms with E-state index in [1.807, 2.05) is 11.0 Å². The van der Waals surface area contributed by atoms with E-state index >= 15 is 0 Å². The van der Waals surface area contributed by atoms with Crippen molar-refractivity contribution in [1.29, 1.82) is 0 Å². The van der Waals surface area contributed by atoms with Crippen LogP contribution in [0.5, 0.6) is 0 Å². The first-order valence-electron chi connectivity index (χ1n) is 12.5. The lowest BCUT2D eigenvalue weighted by Gasteiger charge is -2.26. The van der Waals surface area contributed by atoms with Gasteiger partial charge in [0.25, 0.3) is 0 Å². The lowest BCUT2D eigenvalue weighted by molar-refractivity contribution is 0.198. The van der Waals surface area contributed by atoms with Gasteiger partial charge in [-0.2, -0.15) is 4.52 Å². The highest BCUT2D eigenvalue weighted by Crippen LogP contribution is 2.38. The number of hydrogen-bond donors (Lipinski definition) is 3. The average Bonchev–Trinajstić information content (AvgIpc) is 3.64. The van der Waals surface area contributed by atoms with Gasteiger partial charge in [-0.1, -0.05) is 0 Å². The summed E-state index contributed by atoms with van der Waals surface area (Å²) in [5, 5.41) is 19.6. The normalized spacial score (nSPS) is 21.1. The number of carbonyl (C=O) groups excluding carboxylic acids is 1. The van der Waals surface area contributed by atoms with Crippen molar-refractivity contribution in [2.24, 2.45) is 0 Å². The number of nitrogens with zero attached hydrogens (tertiary/aromatic N) is 6. The van der Waals surface area contributed by atoms with E-state index < -0.39 is 29.9 Å². The summed E-state index contributed by atoms with van der Waals surface area (Å²) in [7, 11) is 0. The summed E-state index contributed by atoms with van der Waals surface area (Å²) in [4.78, 5) is 24.8. The monoisotopic (exact) mass is 538 g/mol. The number of aliphatic hydroxyl groups is 1. The van der Waals surface area contributed by atoms with E-state index in [1.54, 1.807) is 29.3 Å². The Morgan fingerprint density at radius 1 is 1.03 bits per heavy atom. The maximum Gasteiger partial charge on any atom is 0.326 e. The van der Waals surface area contributed by atoms with E-state index in [0.29, 0.717) is 30.2 Å². The maximum absolute atomic E-state index is 14.5. The third-order valence-corrected chi connectivity index (χ3v) is 6.97. The Hall–Kier alpha value is -4.39. The average molecular weight is 539 g/mol. The molecule has 2 aliphatic heterocycles. The van der Waals surface area contributed by atoms with Crippen LogP contribution in [0, 0.1) is 11.6 Å². The van der Waals surface area contributed by atoms with Crippen LogP contribution >= 0.6 is 0 Å². The molecule has 6 rings (SSSR count). The standard InChI is InChI=1S/C26H25F3N8O2/c27-15-1-3-20(29)19(9-15)21-10-16(28)13-36(21)24-6-5-23-31-12-25(37(23)34-24)33-26(39)32-22-4-2-17(11-30-22)35-8-7-18(38)14-35/h1-6,9,11-12,16,18,21,38H,7-8,10,13-14H2,(H2,30,32,33,39)/t16-,18-,21+/m0/s1. The van der Waals surface area contributed by atoms with Gasteiger partial charge < -0.3 is 14.9 Å². The minimum absolute atomic E-state index is 0.0122. The molecule has 3 atom stereocenters. The third-order valence-electron chi connectivity index (χ3n) is 6.97. The number of rotatable bonds is 5. The first-order valence-corrected chi connectivity index (χ1v) is 12.5. The second kappa shape index (κ2) is 10.1. The van der Waals surface area contributed by atoms with Crippen LogP contribution in [0.15, 0.2) is 54.9 Å². The zero-order valence-corrected chi connectivity index (χ0v) is 20.6. The van der Waals surface area contributed by atoms with Gasteiger partial charge in [-0.3, -0.25) is 10.6 Å². The number of carbonyl (C=O) groups is 1. The summed E-state index contributed by atoms with van der Waals surface area (Å²) < 4.78 is 44.2. The van der Waals surface area contributed by atoms with Crippen LogP contribution in [-0.4, -0.2) is 62.6 Å². The Bertz CT molecular complexity index is 1520. The number of benzene rings is 1. The fourth-order valence-electron chi connectivity index (χ4n) is 5.09. The second-order valence-corrected chi connectivity index (χ2v) is 9.64. The Morgan fingerprint density at radius 2 is 1.90 bits per heavy atom. The number of aromatic nitrogens is 4. The second-order valence-electron chi connectivity index (χ2n) is 9.64. The van der Waals surface area contributed by atoms with Gasteiger partial charge in [-0.25, -0.2) is 27.9 Å². The predicted molar refractivity (Wildman–Crippen MR) is 139 cm³/mol. The number of β-amino-alcohol motifs (C(OH)–C–C–N with tert-alkyl or cyclic N) is 1. The number of nitrogens with one attached hydrogen (secondary N) is 2. The number of hydrogen-bond acceptors (Lipinski definition) is 7. The Labute approximate surface area is 221 Å². The van der Waals surface area contributed by atoms with Crippen LogP contribution in [-0.2, 0) is 0 Å². The predicted octanol–water partition coefficient (Wildman–Crippen LogP) is 3.91. The number of aliphatic hydroxyl groups excluding tert-OH is 1. The molecule has 202 valence electrons. The van der Waals surface area contributed by atoms with Gasteiger partial charge in [0, 0.05) is 25.1 Å². The van der Waals surface area contributed by atoms with E-state index in [0.717, 1.165) is 30.4 Å². The first-order chi connectivity index (χ1) is 18.8. The molecule has 2 saturated heterocycles. The minimum Gasteiger partial charge on any atom is -0.391 e. The van der Waals surface area contributed by atoms with Gasteiger partial charge in [0.2, 0.25) is 0 Å². The molecular formula is C26H25F3N8O2. The molecule has 13 heteroatoms. The van der Waals surface area contributed by atoms with Crippen molar-refractivity contribution in [3.63, 3.8) is 0 Å². The molecule has 0 unspecified atom stereocenters. The number of halogens is 3. The van der Waals surface area contributed by atoms with Crippen LogP contribution in [0.3, 0.4) is 0 Å². The number of imidazole rings is 1. The van der Waals surface area contributed by atoms with Crippen molar-refractivity contribution in [3.05, 3.63) is 72.1 Å². The lowest BCUT2D eigenvalue weighted by atomic mass is 10.0. The van der Waals surface area contributed by atoms with Crippen molar-refractivity contribution in [2.75, 3.05) is 40.1 Å². The van der Waals surface area contributed by atoms with E-state index in [1.165, 1.54) is 10.7 Å². The highest BCUT2D eigenvalue weighted by molar-refractivity contribution is 5.98. The topological polar surface area (TPSA) is 111 Å². The first kappa shape index (κ1) is 24.9. The third kappa shape index (κ3) is 5.04. The summed E-state index contributed by atoms with van der Waals surface area (Å²) in [6.45, 7) is 1.23. The minimum atomic E-state index is -1.25. The van der Waals surface area contributed by atoms with Gasteiger partial charge in [0.15, 0.2) is 11.5 Å². The van der Waals surface area contributed by atoms with Crippen molar-refractivity contribution < 1.29 is 23.1 Å². The number of pyridine rings is 1. The SMILES string of the molecule is O=C(Nc1ccc(N2CC[C@H](O)C2)cn1)Nc1cnc2ccc(N3C[C@@H](F)C[C@@H]3c3cc(F)ccc3F)nn12. The van der Waals surface area contributed by atoms with Gasteiger partial charge in [0.1, 0.15) is 29.4 Å². The molecule has 0 radical (unpaired) electrons.